The van der Waals surface area contributed by atoms with E-state index in [0.717, 1.165) is 38.5 Å². The van der Waals surface area contributed by atoms with Crippen LogP contribution < -0.4 is 0 Å². The molecule has 10 atom stereocenters. The highest BCUT2D eigenvalue weighted by Crippen LogP contribution is 2.28. The number of hydrogen-bond donors (Lipinski definition) is 4. The van der Waals surface area contributed by atoms with E-state index in [-0.39, 0.29) is 26.2 Å². The van der Waals surface area contributed by atoms with Crippen molar-refractivity contribution in [3.05, 3.63) is 24.3 Å². The molecule has 2 aliphatic heterocycles. The third-order valence-electron chi connectivity index (χ3n) is 8.74. The molecular weight excluding hydrogens is 596 g/mol. The fourth-order valence-electron chi connectivity index (χ4n) is 5.96. The molecule has 11 nitrogen and oxygen atoms in total. The van der Waals surface area contributed by atoms with Gasteiger partial charge in [0.05, 0.1) is 25.9 Å². The molecule has 2 saturated heterocycles. The first kappa shape index (κ1) is 40.8. The predicted molar refractivity (Wildman–Crippen MR) is 174 cm³/mol. The Bertz CT molecular complexity index is 850. The van der Waals surface area contributed by atoms with E-state index < -0.39 is 67.0 Å². The summed E-state index contributed by atoms with van der Waals surface area (Å²) in [5, 5.41) is 42.5. The Balaban J connectivity index is 1.65. The summed E-state index contributed by atoms with van der Waals surface area (Å²) in [7, 11) is 2.92. The fraction of sp³-hybridized carbons (Fsp3) is 0.857. The second-order valence-corrected chi connectivity index (χ2v) is 12.4. The van der Waals surface area contributed by atoms with Crippen molar-refractivity contribution in [2.45, 2.75) is 158 Å². The van der Waals surface area contributed by atoms with Gasteiger partial charge in [-0.1, -0.05) is 70.3 Å². The molecule has 2 heterocycles. The van der Waals surface area contributed by atoms with Gasteiger partial charge in [0.25, 0.3) is 0 Å². The van der Waals surface area contributed by atoms with Gasteiger partial charge >= 0.3 is 5.97 Å². The fourth-order valence-corrected chi connectivity index (χ4v) is 5.96. The number of ether oxygens (including phenoxy) is 6. The Labute approximate surface area is 276 Å². The number of allylic oxidation sites excluding steroid dienone is 4. The summed E-state index contributed by atoms with van der Waals surface area (Å²) in [5.74, 6) is -0.416. The Morgan fingerprint density at radius 1 is 0.652 bits per heavy atom. The van der Waals surface area contributed by atoms with Crippen molar-refractivity contribution in [2.75, 3.05) is 34.0 Å². The van der Waals surface area contributed by atoms with E-state index in [1.165, 1.54) is 39.9 Å². The summed E-state index contributed by atoms with van der Waals surface area (Å²) in [6.07, 6.45) is 11.8. The van der Waals surface area contributed by atoms with E-state index in [1.807, 2.05) is 6.92 Å². The van der Waals surface area contributed by atoms with Crippen molar-refractivity contribution in [1.82, 2.24) is 0 Å². The largest absolute Gasteiger partial charge is 0.457 e. The Hall–Kier alpha value is -1.41. The van der Waals surface area contributed by atoms with Crippen LogP contribution in [0, 0.1) is 0 Å². The molecule has 10 unspecified atom stereocenters. The molecule has 268 valence electrons. The number of carbonyl (C=O) groups is 1. The van der Waals surface area contributed by atoms with Gasteiger partial charge in [0.1, 0.15) is 48.8 Å². The van der Waals surface area contributed by atoms with Crippen LogP contribution in [0.25, 0.3) is 0 Å². The van der Waals surface area contributed by atoms with E-state index in [0.29, 0.717) is 12.8 Å². The van der Waals surface area contributed by atoms with Gasteiger partial charge in [-0.25, -0.2) is 0 Å². The molecule has 0 saturated carbocycles. The first-order chi connectivity index (χ1) is 22.3. The van der Waals surface area contributed by atoms with Crippen molar-refractivity contribution >= 4 is 5.97 Å². The summed E-state index contributed by atoms with van der Waals surface area (Å²) < 4.78 is 33.5. The van der Waals surface area contributed by atoms with E-state index in [2.05, 4.69) is 31.2 Å². The highest BCUT2D eigenvalue weighted by molar-refractivity contribution is 5.69. The SMILES string of the molecule is CCCCC/C=C\C/C=C\CCCCCCCC(=O)OC1C(CC)OC(COCC2OC(COC)C(OC)C(O)C2O)C(O)C1O. The van der Waals surface area contributed by atoms with Gasteiger partial charge in [-0.3, -0.25) is 4.79 Å². The molecule has 2 rings (SSSR count). The zero-order valence-corrected chi connectivity index (χ0v) is 28.5. The zero-order valence-electron chi connectivity index (χ0n) is 28.5. The topological polar surface area (TPSA) is 153 Å². The van der Waals surface area contributed by atoms with E-state index >= 15 is 0 Å². The first-order valence-corrected chi connectivity index (χ1v) is 17.4. The summed E-state index contributed by atoms with van der Waals surface area (Å²) in [5.41, 5.74) is 0. The normalized spacial score (nSPS) is 32.0. The van der Waals surface area contributed by atoms with Crippen molar-refractivity contribution in [3.8, 4) is 0 Å². The molecule has 4 N–H and O–H groups in total. The molecule has 2 aliphatic rings. The van der Waals surface area contributed by atoms with Gasteiger partial charge in [-0.05, 0) is 44.9 Å². The molecule has 0 aromatic heterocycles. The molecule has 0 aromatic rings. The van der Waals surface area contributed by atoms with E-state index in [1.54, 1.807) is 0 Å². The van der Waals surface area contributed by atoms with Crippen LogP contribution in [-0.4, -0.2) is 121 Å². The van der Waals surface area contributed by atoms with Crippen molar-refractivity contribution in [3.63, 3.8) is 0 Å². The van der Waals surface area contributed by atoms with Crippen molar-refractivity contribution in [1.29, 1.82) is 0 Å². The minimum absolute atomic E-state index is 0.0969. The molecule has 2 fully saturated rings. The van der Waals surface area contributed by atoms with Crippen molar-refractivity contribution in [2.24, 2.45) is 0 Å². The lowest BCUT2D eigenvalue weighted by Crippen LogP contribution is -2.61. The van der Waals surface area contributed by atoms with Crippen LogP contribution in [0.2, 0.25) is 0 Å². The summed E-state index contributed by atoms with van der Waals surface area (Å²) in [6, 6.07) is 0. The van der Waals surface area contributed by atoms with Crippen LogP contribution in [0.3, 0.4) is 0 Å². The number of aliphatic hydroxyl groups excluding tert-OH is 4. The molecule has 0 aromatic carbocycles. The Morgan fingerprint density at radius 2 is 1.22 bits per heavy atom. The summed E-state index contributed by atoms with van der Waals surface area (Å²) >= 11 is 0. The molecular formula is C35H62O11. The molecule has 0 radical (unpaired) electrons. The maximum atomic E-state index is 12.6. The maximum Gasteiger partial charge on any atom is 0.306 e. The summed E-state index contributed by atoms with van der Waals surface area (Å²) in [4.78, 5) is 12.6. The number of rotatable bonds is 23. The van der Waals surface area contributed by atoms with Crippen LogP contribution in [0.4, 0.5) is 0 Å². The van der Waals surface area contributed by atoms with Gasteiger partial charge in [0, 0.05) is 20.6 Å². The maximum absolute atomic E-state index is 12.6. The quantitative estimate of drug-likeness (QED) is 0.0721. The number of unbranched alkanes of at least 4 members (excludes halogenated alkanes) is 8. The number of methoxy groups -OCH3 is 2. The lowest BCUT2D eigenvalue weighted by atomic mass is 9.93. The molecule has 11 heteroatoms. The van der Waals surface area contributed by atoms with Crippen LogP contribution in [0.15, 0.2) is 24.3 Å². The third kappa shape index (κ3) is 14.0. The lowest BCUT2D eigenvalue weighted by Gasteiger charge is -2.43. The van der Waals surface area contributed by atoms with Gasteiger partial charge in [0.15, 0.2) is 6.10 Å². The number of carbonyl (C=O) groups excluding carboxylic acids is 1. The van der Waals surface area contributed by atoms with Crippen molar-refractivity contribution < 1.29 is 53.6 Å². The highest BCUT2D eigenvalue weighted by Gasteiger charge is 2.47. The zero-order chi connectivity index (χ0) is 33.7. The van der Waals surface area contributed by atoms with Crippen LogP contribution >= 0.6 is 0 Å². The van der Waals surface area contributed by atoms with E-state index in [9.17, 15) is 25.2 Å². The predicted octanol–water partition coefficient (Wildman–Crippen LogP) is 3.78. The van der Waals surface area contributed by atoms with Gasteiger partial charge in [0.2, 0.25) is 0 Å². The molecule has 0 aliphatic carbocycles. The highest BCUT2D eigenvalue weighted by atomic mass is 16.6. The van der Waals surface area contributed by atoms with E-state index in [4.69, 9.17) is 28.4 Å². The van der Waals surface area contributed by atoms with Crippen LogP contribution in [-0.2, 0) is 33.2 Å². The third-order valence-corrected chi connectivity index (χ3v) is 8.74. The van der Waals surface area contributed by atoms with Gasteiger partial charge in [-0.15, -0.1) is 0 Å². The van der Waals surface area contributed by atoms with Gasteiger partial charge < -0.3 is 48.8 Å². The monoisotopic (exact) mass is 658 g/mol. The summed E-state index contributed by atoms with van der Waals surface area (Å²) in [6.45, 7) is 4.03. The average Bonchev–Trinajstić information content (AvgIpc) is 3.04. The smallest absolute Gasteiger partial charge is 0.306 e. The molecule has 0 bridgehead atoms. The second-order valence-electron chi connectivity index (χ2n) is 12.4. The Kier molecular flexibility index (Phi) is 21.1. The molecule has 0 amide bonds. The molecule has 0 spiro atoms. The minimum Gasteiger partial charge on any atom is -0.457 e. The second kappa shape index (κ2) is 23.8. The Morgan fingerprint density at radius 3 is 1.80 bits per heavy atom. The molecule has 46 heavy (non-hydrogen) atoms. The van der Waals surface area contributed by atoms with Gasteiger partial charge in [-0.2, -0.15) is 0 Å². The van der Waals surface area contributed by atoms with Crippen LogP contribution in [0.5, 0.6) is 0 Å². The number of hydrogen-bond acceptors (Lipinski definition) is 11. The lowest BCUT2D eigenvalue weighted by molar-refractivity contribution is -0.258. The standard InChI is InChI=1S/C35H62O11/c1-5-7-8-9-10-11-12-13-14-15-16-17-18-19-20-21-29(36)46-35-25(6-2)44-26(31(38)33(35)40)23-43-24-27-30(37)32(39)34(42-4)28(45-27)22-41-3/h10-11,13-14,25-28,30-35,37-40H,5-9,12,15-24H2,1-4H3/b11-10-,14-13-. The average molecular weight is 659 g/mol. The number of esters is 1. The van der Waals surface area contributed by atoms with Crippen LogP contribution in [0.1, 0.15) is 97.3 Å². The number of aliphatic hydroxyl groups is 4. The minimum atomic E-state index is -1.35. The first-order valence-electron chi connectivity index (χ1n) is 17.4.